The molecule has 0 radical (unpaired) electrons. The lowest BCUT2D eigenvalue weighted by molar-refractivity contribution is 0.376. The summed E-state index contributed by atoms with van der Waals surface area (Å²) < 4.78 is 5.19. The second-order valence-corrected chi connectivity index (χ2v) is 5.38. The number of rotatable bonds is 5. The predicted octanol–water partition coefficient (Wildman–Crippen LogP) is 3.47. The van der Waals surface area contributed by atoms with E-state index in [2.05, 4.69) is 29.3 Å². The molecule has 1 N–H and O–H groups in total. The molecule has 0 spiro atoms. The van der Waals surface area contributed by atoms with Crippen LogP contribution in [0.4, 0.5) is 0 Å². The molecule has 6 heteroatoms. The molecule has 19 heavy (non-hydrogen) atoms. The molecule has 4 nitrogen and oxygen atoms in total. The maximum absolute atomic E-state index is 5.96. The predicted molar refractivity (Wildman–Crippen MR) is 75.5 cm³/mol. The lowest BCUT2D eigenvalue weighted by Crippen LogP contribution is -2.22. The van der Waals surface area contributed by atoms with Gasteiger partial charge >= 0.3 is 0 Å². The first-order valence-corrected chi connectivity index (χ1v) is 6.79. The molecule has 0 fully saturated rings. The second-order valence-electron chi connectivity index (χ2n) is 4.57. The van der Waals surface area contributed by atoms with Crippen LogP contribution < -0.4 is 5.32 Å². The fraction of sp³-hybridized carbons (Fsp3) is 0.385. The van der Waals surface area contributed by atoms with Crippen molar-refractivity contribution >= 4 is 23.2 Å². The van der Waals surface area contributed by atoms with Crippen molar-refractivity contribution < 1.29 is 4.52 Å². The second kappa shape index (κ2) is 6.37. The summed E-state index contributed by atoms with van der Waals surface area (Å²) in [5.74, 6) is 1.22. The number of nitrogens with one attached hydrogen (secondary N) is 1. The van der Waals surface area contributed by atoms with Gasteiger partial charge in [-0.15, -0.1) is 0 Å². The van der Waals surface area contributed by atoms with E-state index in [1.54, 1.807) is 12.1 Å². The van der Waals surface area contributed by atoms with Crippen LogP contribution in [0.2, 0.25) is 10.0 Å². The van der Waals surface area contributed by atoms with Gasteiger partial charge in [0, 0.05) is 6.04 Å². The van der Waals surface area contributed by atoms with Crippen LogP contribution in [0.1, 0.15) is 31.1 Å². The fourth-order valence-corrected chi connectivity index (χ4v) is 1.87. The topological polar surface area (TPSA) is 51.0 Å². The van der Waals surface area contributed by atoms with Crippen molar-refractivity contribution in [3.05, 3.63) is 45.5 Å². The van der Waals surface area contributed by atoms with E-state index < -0.39 is 0 Å². The third-order valence-electron chi connectivity index (χ3n) is 2.52. The van der Waals surface area contributed by atoms with Crippen LogP contribution in [-0.2, 0) is 13.0 Å². The van der Waals surface area contributed by atoms with Gasteiger partial charge in [-0.05, 0) is 17.7 Å². The summed E-state index contributed by atoms with van der Waals surface area (Å²) in [6, 6.07) is 5.85. The Morgan fingerprint density at radius 3 is 2.74 bits per heavy atom. The van der Waals surface area contributed by atoms with Gasteiger partial charge in [0.1, 0.15) is 0 Å². The van der Waals surface area contributed by atoms with Gasteiger partial charge in [0.25, 0.3) is 0 Å². The number of benzene rings is 1. The van der Waals surface area contributed by atoms with E-state index >= 15 is 0 Å². The minimum Gasteiger partial charge on any atom is -0.339 e. The normalized spacial score (nSPS) is 11.2. The number of halogens is 2. The number of aromatic nitrogens is 2. The molecule has 0 unspecified atom stereocenters. The van der Waals surface area contributed by atoms with Crippen LogP contribution in [0.5, 0.6) is 0 Å². The zero-order chi connectivity index (χ0) is 13.8. The zero-order valence-electron chi connectivity index (χ0n) is 10.8. The largest absolute Gasteiger partial charge is 0.339 e. The Balaban J connectivity index is 2.01. The van der Waals surface area contributed by atoms with Crippen molar-refractivity contribution in [2.24, 2.45) is 0 Å². The van der Waals surface area contributed by atoms with Crippen molar-refractivity contribution in [3.8, 4) is 0 Å². The van der Waals surface area contributed by atoms with E-state index in [0.29, 0.717) is 40.8 Å². The van der Waals surface area contributed by atoms with Crippen LogP contribution in [-0.4, -0.2) is 16.2 Å². The monoisotopic (exact) mass is 299 g/mol. The Bertz CT molecular complexity index is 555. The smallest absolute Gasteiger partial charge is 0.231 e. The molecule has 1 aromatic carbocycles. The maximum Gasteiger partial charge on any atom is 0.231 e. The van der Waals surface area contributed by atoms with Crippen molar-refractivity contribution in [1.82, 2.24) is 15.5 Å². The Morgan fingerprint density at radius 1 is 1.26 bits per heavy atom. The highest BCUT2D eigenvalue weighted by Crippen LogP contribution is 2.23. The lowest BCUT2D eigenvalue weighted by atomic mass is 10.1. The summed E-state index contributed by atoms with van der Waals surface area (Å²) in [5, 5.41) is 8.22. The Morgan fingerprint density at radius 2 is 2.05 bits per heavy atom. The summed E-state index contributed by atoms with van der Waals surface area (Å²) in [4.78, 5) is 4.31. The van der Waals surface area contributed by atoms with E-state index in [0.717, 1.165) is 5.56 Å². The first-order valence-electron chi connectivity index (χ1n) is 6.03. The van der Waals surface area contributed by atoms with Crippen LogP contribution in [0.25, 0.3) is 0 Å². The summed E-state index contributed by atoms with van der Waals surface area (Å²) in [5.41, 5.74) is 0.987. The molecule has 0 saturated carbocycles. The minimum absolute atomic E-state index is 0.386. The standard InChI is InChI=1S/C13H15Cl2N3O/c1-8(2)16-7-12-17-13(19-18-12)6-9-3-4-10(14)11(15)5-9/h3-5,8,16H,6-7H2,1-2H3. The van der Waals surface area contributed by atoms with E-state index in [1.807, 2.05) is 6.07 Å². The number of nitrogens with zero attached hydrogens (tertiary/aromatic N) is 2. The quantitative estimate of drug-likeness (QED) is 0.918. The molecule has 102 valence electrons. The molecule has 1 heterocycles. The highest BCUT2D eigenvalue weighted by atomic mass is 35.5. The third-order valence-corrected chi connectivity index (χ3v) is 3.26. The maximum atomic E-state index is 5.96. The summed E-state index contributed by atoms with van der Waals surface area (Å²) in [6.07, 6.45) is 0.547. The van der Waals surface area contributed by atoms with Crippen molar-refractivity contribution in [3.63, 3.8) is 0 Å². The average molecular weight is 300 g/mol. The molecule has 0 saturated heterocycles. The Kier molecular flexibility index (Phi) is 4.80. The van der Waals surface area contributed by atoms with Crippen molar-refractivity contribution in [2.45, 2.75) is 32.9 Å². The van der Waals surface area contributed by atoms with Gasteiger partial charge in [0.2, 0.25) is 5.89 Å². The summed E-state index contributed by atoms with van der Waals surface area (Å²) >= 11 is 11.8. The zero-order valence-corrected chi connectivity index (χ0v) is 12.3. The summed E-state index contributed by atoms with van der Waals surface area (Å²) in [6.45, 7) is 4.73. The Hall–Kier alpha value is -1.10. The lowest BCUT2D eigenvalue weighted by Gasteiger charge is -2.03. The Labute approximate surface area is 122 Å². The molecule has 2 rings (SSSR count). The van der Waals surface area contributed by atoms with Gasteiger partial charge < -0.3 is 9.84 Å². The van der Waals surface area contributed by atoms with E-state index in [-0.39, 0.29) is 0 Å². The van der Waals surface area contributed by atoms with Gasteiger partial charge in [-0.2, -0.15) is 4.98 Å². The van der Waals surface area contributed by atoms with Crippen LogP contribution in [0.3, 0.4) is 0 Å². The summed E-state index contributed by atoms with van der Waals surface area (Å²) in [7, 11) is 0. The van der Waals surface area contributed by atoms with Crippen LogP contribution >= 0.6 is 23.2 Å². The third kappa shape index (κ3) is 4.20. The van der Waals surface area contributed by atoms with E-state index in [4.69, 9.17) is 27.7 Å². The fourth-order valence-electron chi connectivity index (χ4n) is 1.55. The first-order chi connectivity index (χ1) is 9.04. The van der Waals surface area contributed by atoms with Gasteiger partial charge in [0.05, 0.1) is 23.0 Å². The van der Waals surface area contributed by atoms with E-state index in [1.165, 1.54) is 0 Å². The molecule has 0 atom stereocenters. The highest BCUT2D eigenvalue weighted by molar-refractivity contribution is 6.42. The average Bonchev–Trinajstić information content (AvgIpc) is 2.79. The molecular formula is C13H15Cl2N3O. The molecule has 0 aliphatic rings. The number of hydrogen-bond donors (Lipinski definition) is 1. The van der Waals surface area contributed by atoms with Crippen LogP contribution in [0, 0.1) is 0 Å². The van der Waals surface area contributed by atoms with Gasteiger partial charge in [-0.1, -0.05) is 48.3 Å². The van der Waals surface area contributed by atoms with Gasteiger partial charge in [-0.25, -0.2) is 0 Å². The van der Waals surface area contributed by atoms with Crippen LogP contribution in [0.15, 0.2) is 22.7 Å². The number of hydrogen-bond acceptors (Lipinski definition) is 4. The molecule has 0 aliphatic carbocycles. The van der Waals surface area contributed by atoms with E-state index in [9.17, 15) is 0 Å². The first kappa shape index (κ1) is 14.3. The molecule has 1 aromatic heterocycles. The van der Waals surface area contributed by atoms with Gasteiger partial charge in [0.15, 0.2) is 5.82 Å². The van der Waals surface area contributed by atoms with Gasteiger partial charge in [-0.3, -0.25) is 0 Å². The molecule has 2 aromatic rings. The molecule has 0 aliphatic heterocycles. The van der Waals surface area contributed by atoms with Crippen molar-refractivity contribution in [2.75, 3.05) is 0 Å². The molecular weight excluding hydrogens is 285 g/mol. The van der Waals surface area contributed by atoms with Crippen molar-refractivity contribution in [1.29, 1.82) is 0 Å². The SMILES string of the molecule is CC(C)NCc1noc(Cc2ccc(Cl)c(Cl)c2)n1. The molecule has 0 amide bonds. The molecule has 0 bridgehead atoms. The minimum atomic E-state index is 0.386. The highest BCUT2D eigenvalue weighted by Gasteiger charge is 2.08.